The number of hydrogen-bond donors (Lipinski definition) is 11. The number of benzene rings is 2. The van der Waals surface area contributed by atoms with E-state index in [9.17, 15) is 43.8 Å². The number of aromatic nitrogens is 2. The average Bonchev–Trinajstić information content (AvgIpc) is 4.01. The number of nitrogens with two attached hydrogens (primary N) is 3. The van der Waals surface area contributed by atoms with Gasteiger partial charge in [0.2, 0.25) is 35.4 Å². The van der Waals surface area contributed by atoms with Crippen LogP contribution in [0.2, 0.25) is 0 Å². The fourth-order valence-electron chi connectivity index (χ4n) is 7.64. The van der Waals surface area contributed by atoms with Crippen LogP contribution in [0.4, 0.5) is 0 Å². The molecule has 364 valence electrons. The maximum absolute atomic E-state index is 14.5. The molecular formula is C46H66N12O9. The number of carbonyl (C=O) groups excluding carboxylic acids is 6. The number of carbonyl (C=O) groups is 7. The Labute approximate surface area is 389 Å². The van der Waals surface area contributed by atoms with Crippen LogP contribution < -0.4 is 43.8 Å². The molecule has 0 radical (unpaired) electrons. The van der Waals surface area contributed by atoms with E-state index in [0.717, 1.165) is 0 Å². The molecule has 1 fully saturated rings. The molecule has 1 saturated heterocycles. The highest BCUT2D eigenvalue weighted by Gasteiger charge is 2.41. The number of aliphatic imine (C=N–C) groups is 1. The van der Waals surface area contributed by atoms with Gasteiger partial charge in [-0.1, -0.05) is 76.6 Å². The van der Waals surface area contributed by atoms with E-state index < -0.39 is 95.5 Å². The maximum atomic E-state index is 14.5. The lowest BCUT2D eigenvalue weighted by molar-refractivity contribution is -0.145. The molecule has 67 heavy (non-hydrogen) atoms. The Morgan fingerprint density at radius 2 is 1.43 bits per heavy atom. The van der Waals surface area contributed by atoms with E-state index in [1.807, 2.05) is 6.92 Å². The number of nitrogens with zero attached hydrogens (tertiary/aromatic N) is 3. The molecule has 2 heterocycles. The highest BCUT2D eigenvalue weighted by molar-refractivity contribution is 5.97. The van der Waals surface area contributed by atoms with Gasteiger partial charge in [-0.2, -0.15) is 0 Å². The minimum Gasteiger partial charge on any atom is -0.508 e. The zero-order chi connectivity index (χ0) is 49.2. The van der Waals surface area contributed by atoms with Crippen molar-refractivity contribution in [2.45, 2.75) is 121 Å². The molecule has 0 bridgehead atoms. The molecule has 21 nitrogen and oxygen atoms in total. The van der Waals surface area contributed by atoms with E-state index in [0.29, 0.717) is 36.1 Å². The van der Waals surface area contributed by atoms with Gasteiger partial charge >= 0.3 is 5.97 Å². The van der Waals surface area contributed by atoms with Crippen molar-refractivity contribution < 1.29 is 43.8 Å². The predicted octanol–water partition coefficient (Wildman–Crippen LogP) is -0.274. The van der Waals surface area contributed by atoms with Gasteiger partial charge in [-0.3, -0.25) is 33.8 Å². The van der Waals surface area contributed by atoms with Gasteiger partial charge in [-0.15, -0.1) is 0 Å². The zero-order valence-electron chi connectivity index (χ0n) is 38.4. The van der Waals surface area contributed by atoms with E-state index in [1.165, 1.54) is 29.6 Å². The Morgan fingerprint density at radius 3 is 2.04 bits per heavy atom. The first-order chi connectivity index (χ1) is 31.9. The first kappa shape index (κ1) is 52.6. The van der Waals surface area contributed by atoms with Crippen LogP contribution in [0.15, 0.2) is 72.1 Å². The lowest BCUT2D eigenvalue weighted by Gasteiger charge is -2.32. The highest BCUT2D eigenvalue weighted by atomic mass is 16.4. The monoisotopic (exact) mass is 931 g/mol. The van der Waals surface area contributed by atoms with Gasteiger partial charge in [0.1, 0.15) is 42.0 Å². The number of H-pyrrole nitrogens is 1. The van der Waals surface area contributed by atoms with Crippen LogP contribution >= 0.6 is 0 Å². The molecule has 4 rings (SSSR count). The van der Waals surface area contributed by atoms with Gasteiger partial charge in [0.15, 0.2) is 5.96 Å². The molecule has 0 aliphatic carbocycles. The van der Waals surface area contributed by atoms with Crippen molar-refractivity contribution in [3.63, 3.8) is 0 Å². The Bertz CT molecular complexity index is 2150. The van der Waals surface area contributed by atoms with Crippen LogP contribution in [0.3, 0.4) is 0 Å². The van der Waals surface area contributed by atoms with E-state index in [4.69, 9.17) is 17.2 Å². The van der Waals surface area contributed by atoms with Crippen molar-refractivity contribution >= 4 is 47.4 Å². The number of rotatable bonds is 25. The second kappa shape index (κ2) is 25.6. The molecule has 6 amide bonds. The summed E-state index contributed by atoms with van der Waals surface area (Å²) in [5.41, 5.74) is 18.6. The number of nitrogens with one attached hydrogen (secondary N) is 6. The fourth-order valence-corrected chi connectivity index (χ4v) is 7.64. The number of likely N-dealkylation sites (tertiary alicyclic amines) is 1. The summed E-state index contributed by atoms with van der Waals surface area (Å²) < 4.78 is 0. The molecule has 0 spiro atoms. The lowest BCUT2D eigenvalue weighted by Crippen LogP contribution is -2.61. The quantitative estimate of drug-likeness (QED) is 0.0297. The Morgan fingerprint density at radius 1 is 0.806 bits per heavy atom. The van der Waals surface area contributed by atoms with Crippen LogP contribution in [0.1, 0.15) is 76.6 Å². The second-order valence-electron chi connectivity index (χ2n) is 17.2. The number of carboxylic acids is 1. The van der Waals surface area contributed by atoms with Crippen molar-refractivity contribution in [2.24, 2.45) is 34.0 Å². The summed E-state index contributed by atoms with van der Waals surface area (Å²) >= 11 is 0. The number of phenolic OH excluding ortho intramolecular Hbond substituents is 1. The minimum atomic E-state index is -1.30. The number of aromatic amines is 1. The first-order valence-corrected chi connectivity index (χ1v) is 22.5. The summed E-state index contributed by atoms with van der Waals surface area (Å²) in [6, 6.07) is 6.64. The normalized spacial score (nSPS) is 16.6. The summed E-state index contributed by atoms with van der Waals surface area (Å²) in [6.45, 7) is 7.40. The Kier molecular flexibility index (Phi) is 20.1. The zero-order valence-corrected chi connectivity index (χ0v) is 38.4. The first-order valence-electron chi connectivity index (χ1n) is 22.5. The SMILES string of the molecule is CC[C@H](C)[C@H](NC(=O)[C@H](Cc1ccc(O)cc1)NC(=O)C(NC(=O)[C@@H](N)CCCN=C(N)N)C(C)C)C(=O)N[C@@H](Cc1cnc[nH]1)C(=O)N1CCC[C@H]1C(=O)N[C@@H](Cc1ccccc1)C(=O)O. The minimum absolute atomic E-state index is 0.0212. The van der Waals surface area contributed by atoms with Gasteiger partial charge < -0.3 is 63.9 Å². The van der Waals surface area contributed by atoms with E-state index >= 15 is 0 Å². The highest BCUT2D eigenvalue weighted by Crippen LogP contribution is 2.21. The van der Waals surface area contributed by atoms with Gasteiger partial charge in [0.25, 0.3) is 0 Å². The van der Waals surface area contributed by atoms with Crippen molar-refractivity contribution in [3.8, 4) is 5.75 Å². The van der Waals surface area contributed by atoms with Crippen LogP contribution in [-0.2, 0) is 52.8 Å². The standard InChI is InChI=1S/C46H66N12O9/c1-5-27(4)38(57-40(61)33(21-29-15-17-31(59)18-16-29)53-42(63)37(26(2)3)56-39(60)32(47)13-9-19-51-46(48)49)43(64)54-34(23-30-24-50-25-52-30)44(65)58-20-10-14-36(58)41(62)55-35(45(66)67)22-28-11-7-6-8-12-28/h6-8,11-12,15-18,24-27,32-38,59H,5,9-10,13-14,19-23,47H2,1-4H3,(H,50,52)(H,53,63)(H,54,64)(H,55,62)(H,56,60)(H,57,61)(H,66,67)(H4,48,49,51)/t27-,32-,33-,34-,35-,36-,37?,38-/m0/s1. The molecule has 14 N–H and O–H groups in total. The summed E-state index contributed by atoms with van der Waals surface area (Å²) in [6.07, 6.45) is 4.52. The fraction of sp³-hybridized carbons (Fsp3) is 0.500. The van der Waals surface area contributed by atoms with E-state index in [2.05, 4.69) is 41.5 Å². The molecule has 2 aromatic carbocycles. The van der Waals surface area contributed by atoms with Crippen LogP contribution in [0.5, 0.6) is 5.75 Å². The number of amides is 6. The Balaban J connectivity index is 1.55. The Hall–Kier alpha value is -7.03. The third kappa shape index (κ3) is 16.1. The summed E-state index contributed by atoms with van der Waals surface area (Å²) in [5, 5.41) is 33.6. The largest absolute Gasteiger partial charge is 0.508 e. The lowest BCUT2D eigenvalue weighted by atomic mass is 9.96. The number of carboxylic acid groups (broad SMARTS) is 1. The van der Waals surface area contributed by atoms with Crippen LogP contribution in [0, 0.1) is 11.8 Å². The predicted molar refractivity (Wildman–Crippen MR) is 248 cm³/mol. The third-order valence-corrected chi connectivity index (χ3v) is 11.7. The maximum Gasteiger partial charge on any atom is 0.326 e. The number of aliphatic carboxylic acids is 1. The third-order valence-electron chi connectivity index (χ3n) is 11.7. The van der Waals surface area contributed by atoms with Crippen LogP contribution in [0.25, 0.3) is 0 Å². The molecular weight excluding hydrogens is 865 g/mol. The smallest absolute Gasteiger partial charge is 0.326 e. The molecule has 1 aliphatic rings. The van der Waals surface area contributed by atoms with Crippen molar-refractivity contribution in [2.75, 3.05) is 13.1 Å². The number of guanidine groups is 1. The average molecular weight is 931 g/mol. The number of phenols is 1. The van der Waals surface area contributed by atoms with Crippen molar-refractivity contribution in [3.05, 3.63) is 83.9 Å². The number of hydrogen-bond acceptors (Lipinski definition) is 11. The second-order valence-corrected chi connectivity index (χ2v) is 17.2. The molecule has 0 saturated carbocycles. The molecule has 21 heteroatoms. The topological polar surface area (TPSA) is 342 Å². The molecule has 3 aromatic rings. The van der Waals surface area contributed by atoms with E-state index in [1.54, 1.807) is 63.2 Å². The summed E-state index contributed by atoms with van der Waals surface area (Å²) in [4.78, 5) is 109. The van der Waals surface area contributed by atoms with Crippen LogP contribution in [-0.4, -0.2) is 128 Å². The summed E-state index contributed by atoms with van der Waals surface area (Å²) in [7, 11) is 0. The van der Waals surface area contributed by atoms with Gasteiger partial charge in [0.05, 0.1) is 12.4 Å². The molecule has 1 aliphatic heterocycles. The van der Waals surface area contributed by atoms with Gasteiger partial charge in [-0.25, -0.2) is 9.78 Å². The number of aromatic hydroxyl groups is 1. The summed E-state index contributed by atoms with van der Waals surface area (Å²) in [5.74, 6) is -6.30. The number of imidazole rings is 1. The molecule has 8 atom stereocenters. The van der Waals surface area contributed by atoms with Gasteiger partial charge in [0, 0.05) is 44.2 Å². The van der Waals surface area contributed by atoms with E-state index in [-0.39, 0.29) is 56.9 Å². The van der Waals surface area contributed by atoms with Crippen molar-refractivity contribution in [1.82, 2.24) is 41.5 Å². The van der Waals surface area contributed by atoms with Crippen molar-refractivity contribution in [1.29, 1.82) is 0 Å². The molecule has 1 unspecified atom stereocenters. The molecule has 1 aromatic heterocycles. The van der Waals surface area contributed by atoms with Gasteiger partial charge in [-0.05, 0) is 60.8 Å².